The van der Waals surface area contributed by atoms with Crippen LogP contribution in [0, 0.1) is 0 Å². The van der Waals surface area contributed by atoms with Crippen LogP contribution in [0.3, 0.4) is 0 Å². The Kier molecular flexibility index (Phi) is 6.51. The minimum atomic E-state index is -4.68. The van der Waals surface area contributed by atoms with E-state index in [-0.39, 0.29) is 0 Å². The first-order valence-corrected chi connectivity index (χ1v) is 6.74. The quantitative estimate of drug-likeness (QED) is 0.691. The van der Waals surface area contributed by atoms with Crippen molar-refractivity contribution < 1.29 is 22.8 Å². The van der Waals surface area contributed by atoms with Gasteiger partial charge in [-0.25, -0.2) is 0 Å². The number of imide groups is 1. The van der Waals surface area contributed by atoms with Crippen LogP contribution < -0.4 is 16.8 Å². The lowest BCUT2D eigenvalue weighted by Gasteiger charge is -2.14. The summed E-state index contributed by atoms with van der Waals surface area (Å²) < 4.78 is 38.4. The number of nitrogens with one attached hydrogen (secondary N) is 1. The first kappa shape index (κ1) is 18.1. The molecule has 5 nitrogen and oxygen atoms in total. The molecule has 22 heavy (non-hydrogen) atoms. The zero-order chi connectivity index (χ0) is 16.8. The average molecular weight is 317 g/mol. The van der Waals surface area contributed by atoms with E-state index >= 15 is 0 Å². The largest absolute Gasteiger partial charge is 0.417 e. The second kappa shape index (κ2) is 7.90. The Morgan fingerprint density at radius 3 is 2.41 bits per heavy atom. The van der Waals surface area contributed by atoms with Crippen LogP contribution in [0.1, 0.15) is 35.2 Å². The molecule has 0 heterocycles. The predicted molar refractivity (Wildman–Crippen MR) is 74.8 cm³/mol. The molecule has 122 valence electrons. The molecule has 1 unspecified atom stereocenters. The van der Waals surface area contributed by atoms with Gasteiger partial charge in [0.2, 0.25) is 5.91 Å². The number of amides is 2. The molecule has 0 aliphatic carbocycles. The van der Waals surface area contributed by atoms with Gasteiger partial charge in [0.05, 0.1) is 17.2 Å². The summed E-state index contributed by atoms with van der Waals surface area (Å²) in [4.78, 5) is 23.6. The number of unbranched alkanes of at least 4 members (excludes halogenated alkanes) is 1. The highest BCUT2D eigenvalue weighted by atomic mass is 19.4. The van der Waals surface area contributed by atoms with Gasteiger partial charge in [0.1, 0.15) is 0 Å². The number of benzene rings is 1. The molecule has 5 N–H and O–H groups in total. The standard InChI is InChI=1S/C14H18F3N3O2/c15-14(16,17)10-6-2-1-5-9(10)12(21)20-13(22)11(19)7-3-4-8-18/h1-2,5-6,11H,3-4,7-8,18-19H2,(H,20,21,22). The van der Waals surface area contributed by atoms with Crippen LogP contribution >= 0.6 is 0 Å². The number of carbonyl (C=O) groups excluding carboxylic acids is 2. The minimum absolute atomic E-state index is 0.303. The zero-order valence-corrected chi connectivity index (χ0v) is 11.8. The van der Waals surface area contributed by atoms with Crippen LogP contribution in [-0.4, -0.2) is 24.4 Å². The van der Waals surface area contributed by atoms with Gasteiger partial charge in [-0.15, -0.1) is 0 Å². The van der Waals surface area contributed by atoms with Gasteiger partial charge >= 0.3 is 6.18 Å². The molecule has 0 aromatic heterocycles. The van der Waals surface area contributed by atoms with Crippen molar-refractivity contribution in [2.24, 2.45) is 11.5 Å². The Morgan fingerprint density at radius 2 is 1.82 bits per heavy atom. The van der Waals surface area contributed by atoms with Gasteiger partial charge < -0.3 is 11.5 Å². The number of hydrogen-bond donors (Lipinski definition) is 3. The van der Waals surface area contributed by atoms with E-state index in [0.29, 0.717) is 25.8 Å². The lowest BCUT2D eigenvalue weighted by molar-refractivity contribution is -0.138. The molecule has 0 radical (unpaired) electrons. The number of hydrogen-bond acceptors (Lipinski definition) is 4. The lowest BCUT2D eigenvalue weighted by Crippen LogP contribution is -2.43. The third kappa shape index (κ3) is 5.12. The molecule has 8 heteroatoms. The van der Waals surface area contributed by atoms with Crippen LogP contribution in [0.2, 0.25) is 0 Å². The molecule has 0 spiro atoms. The van der Waals surface area contributed by atoms with Crippen molar-refractivity contribution in [1.29, 1.82) is 0 Å². The van der Waals surface area contributed by atoms with Crippen molar-refractivity contribution in [3.05, 3.63) is 35.4 Å². The second-order valence-electron chi connectivity index (χ2n) is 4.75. The number of rotatable bonds is 6. The van der Waals surface area contributed by atoms with E-state index in [2.05, 4.69) is 0 Å². The van der Waals surface area contributed by atoms with Crippen molar-refractivity contribution in [3.8, 4) is 0 Å². The summed E-state index contributed by atoms with van der Waals surface area (Å²) in [7, 11) is 0. The number of alkyl halides is 3. The third-order valence-electron chi connectivity index (χ3n) is 3.02. The smallest absolute Gasteiger partial charge is 0.330 e. The molecule has 0 bridgehead atoms. The molecule has 0 aliphatic rings. The maximum Gasteiger partial charge on any atom is 0.417 e. The molecule has 1 aromatic rings. The van der Waals surface area contributed by atoms with Gasteiger partial charge in [-0.05, 0) is 31.5 Å². The van der Waals surface area contributed by atoms with Gasteiger partial charge in [-0.3, -0.25) is 14.9 Å². The van der Waals surface area contributed by atoms with E-state index in [4.69, 9.17) is 11.5 Å². The molecule has 0 saturated carbocycles. The predicted octanol–water partition coefficient (Wildman–Crippen LogP) is 1.42. The lowest BCUT2D eigenvalue weighted by atomic mass is 10.1. The van der Waals surface area contributed by atoms with E-state index in [1.807, 2.05) is 5.32 Å². The maximum absolute atomic E-state index is 12.8. The van der Waals surface area contributed by atoms with E-state index < -0.39 is 35.2 Å². The molecule has 0 saturated heterocycles. The highest BCUT2D eigenvalue weighted by Crippen LogP contribution is 2.31. The SMILES string of the molecule is NCCCCC(N)C(=O)NC(=O)c1ccccc1C(F)(F)F. The topological polar surface area (TPSA) is 98.2 Å². The van der Waals surface area contributed by atoms with Crippen molar-refractivity contribution >= 4 is 11.8 Å². The minimum Gasteiger partial charge on any atom is -0.330 e. The number of nitrogens with two attached hydrogens (primary N) is 2. The van der Waals surface area contributed by atoms with Crippen LogP contribution in [0.15, 0.2) is 24.3 Å². The summed E-state index contributed by atoms with van der Waals surface area (Å²) in [6.07, 6.45) is -3.11. The summed E-state index contributed by atoms with van der Waals surface area (Å²) in [5.74, 6) is -1.92. The van der Waals surface area contributed by atoms with Gasteiger partial charge in [0.15, 0.2) is 0 Å². The monoisotopic (exact) mass is 317 g/mol. The molecule has 0 fully saturated rings. The third-order valence-corrected chi connectivity index (χ3v) is 3.02. The normalized spacial score (nSPS) is 12.8. The first-order chi connectivity index (χ1) is 10.3. The van der Waals surface area contributed by atoms with Gasteiger partial charge in [-0.1, -0.05) is 18.6 Å². The fraction of sp³-hybridized carbons (Fsp3) is 0.429. The Balaban J connectivity index is 2.76. The molecule has 2 amide bonds. The van der Waals surface area contributed by atoms with Crippen molar-refractivity contribution in [2.45, 2.75) is 31.5 Å². The Hall–Kier alpha value is -1.93. The summed E-state index contributed by atoms with van der Waals surface area (Å²) in [5, 5.41) is 1.90. The molecule has 1 rings (SSSR count). The number of halogens is 3. The second-order valence-corrected chi connectivity index (χ2v) is 4.75. The van der Waals surface area contributed by atoms with Crippen molar-refractivity contribution in [3.63, 3.8) is 0 Å². The van der Waals surface area contributed by atoms with Gasteiger partial charge in [0, 0.05) is 0 Å². The van der Waals surface area contributed by atoms with Crippen LogP contribution in [-0.2, 0) is 11.0 Å². The van der Waals surface area contributed by atoms with E-state index in [1.165, 1.54) is 12.1 Å². The molecular formula is C14H18F3N3O2. The van der Waals surface area contributed by atoms with Gasteiger partial charge in [-0.2, -0.15) is 13.2 Å². The van der Waals surface area contributed by atoms with E-state index in [1.54, 1.807) is 0 Å². The first-order valence-electron chi connectivity index (χ1n) is 6.74. The van der Waals surface area contributed by atoms with Crippen molar-refractivity contribution in [2.75, 3.05) is 6.54 Å². The summed E-state index contributed by atoms with van der Waals surface area (Å²) >= 11 is 0. The molecular weight excluding hydrogens is 299 g/mol. The maximum atomic E-state index is 12.8. The molecule has 0 aliphatic heterocycles. The van der Waals surface area contributed by atoms with E-state index in [0.717, 1.165) is 12.1 Å². The van der Waals surface area contributed by atoms with E-state index in [9.17, 15) is 22.8 Å². The van der Waals surface area contributed by atoms with Gasteiger partial charge in [0.25, 0.3) is 5.91 Å². The summed E-state index contributed by atoms with van der Waals surface area (Å²) in [6.45, 7) is 0.451. The Bertz CT molecular complexity index is 532. The summed E-state index contributed by atoms with van der Waals surface area (Å²) in [5.41, 5.74) is 9.17. The fourth-order valence-corrected chi connectivity index (χ4v) is 1.84. The number of carbonyl (C=O) groups is 2. The Labute approximate surface area is 125 Å². The van der Waals surface area contributed by atoms with Crippen LogP contribution in [0.5, 0.6) is 0 Å². The van der Waals surface area contributed by atoms with Crippen LogP contribution in [0.4, 0.5) is 13.2 Å². The average Bonchev–Trinajstić information content (AvgIpc) is 2.46. The molecule has 1 aromatic carbocycles. The van der Waals surface area contributed by atoms with Crippen molar-refractivity contribution in [1.82, 2.24) is 5.32 Å². The highest BCUT2D eigenvalue weighted by molar-refractivity contribution is 6.06. The molecule has 1 atom stereocenters. The summed E-state index contributed by atoms with van der Waals surface area (Å²) in [6, 6.07) is 3.27. The Morgan fingerprint density at radius 1 is 1.18 bits per heavy atom. The highest BCUT2D eigenvalue weighted by Gasteiger charge is 2.35. The zero-order valence-electron chi connectivity index (χ0n) is 11.8. The van der Waals surface area contributed by atoms with Crippen LogP contribution in [0.25, 0.3) is 0 Å². The fourth-order valence-electron chi connectivity index (χ4n) is 1.84.